The molecule has 8 nitrogen and oxygen atoms in total. The van der Waals surface area contributed by atoms with E-state index in [1.54, 1.807) is 0 Å². The Labute approximate surface area is 83.4 Å². The van der Waals surface area contributed by atoms with Crippen molar-refractivity contribution in [3.05, 3.63) is 0 Å². The van der Waals surface area contributed by atoms with Crippen LogP contribution in [0.4, 0.5) is 0 Å². The van der Waals surface area contributed by atoms with E-state index in [-0.39, 0.29) is 26.4 Å². The fraction of sp³-hybridized carbons (Fsp3) is 0. The van der Waals surface area contributed by atoms with Crippen molar-refractivity contribution in [1.82, 2.24) is 0 Å². The maximum Gasteiger partial charge on any atom is 2.00 e. The normalized spacial score (nSPS) is 9.67. The minimum Gasteiger partial charge on any atom is -0.736 e. The van der Waals surface area contributed by atoms with Gasteiger partial charge in [0.2, 0.25) is 0 Å². The van der Waals surface area contributed by atoms with Crippen LogP contribution < -0.4 is 10.3 Å². The third-order valence-corrected chi connectivity index (χ3v) is 0. The Hall–Kier alpha value is 0.664. The Morgan fingerprint density at radius 2 is 0.833 bits per heavy atom. The molecule has 0 amide bonds. The van der Waals surface area contributed by atoms with Crippen molar-refractivity contribution in [3.8, 4) is 0 Å². The minimum absolute atomic E-state index is 0. The van der Waals surface area contributed by atoms with Gasteiger partial charge >= 0.3 is 16.5 Å². The molecule has 1 atom stereocenters. The van der Waals surface area contributed by atoms with E-state index in [1.807, 2.05) is 0 Å². The monoisotopic (exact) mass is 284 g/mol. The van der Waals surface area contributed by atoms with Gasteiger partial charge in [-0.2, -0.15) is 9.90 Å². The standard InChI is InChI=1S/2H3NO3S.Ni.H3P/c2*1-5(2,3)4;;/h2*(H3,1,2,3,4);;1H3/q;;+2;/p-2. The molecule has 0 aromatic heterocycles. The van der Waals surface area contributed by atoms with Crippen molar-refractivity contribution in [2.45, 2.75) is 0 Å². The van der Waals surface area contributed by atoms with Crippen molar-refractivity contribution in [2.75, 3.05) is 0 Å². The summed E-state index contributed by atoms with van der Waals surface area (Å²) in [5.41, 5.74) is 0. The summed E-state index contributed by atoms with van der Waals surface area (Å²) in [5, 5.41) is 7.54. The molecule has 0 bridgehead atoms. The number of hydrogen-bond acceptors (Lipinski definition) is 6. The topological polar surface area (TPSA) is 166 Å². The van der Waals surface area contributed by atoms with Crippen LogP contribution in [0.15, 0.2) is 0 Å². The van der Waals surface area contributed by atoms with Gasteiger partial charge in [-0.25, -0.2) is 27.1 Å². The molecule has 0 heterocycles. The van der Waals surface area contributed by atoms with Gasteiger partial charge in [-0.05, 0) is 0 Å². The van der Waals surface area contributed by atoms with Crippen LogP contribution in [-0.2, 0) is 37.1 Å². The van der Waals surface area contributed by atoms with E-state index in [1.165, 1.54) is 0 Å². The van der Waals surface area contributed by atoms with E-state index in [2.05, 4.69) is 10.3 Å². The first-order valence-corrected chi connectivity index (χ1v) is 4.41. The van der Waals surface area contributed by atoms with Gasteiger partial charge in [0.25, 0.3) is 0 Å². The van der Waals surface area contributed by atoms with Gasteiger partial charge in [-0.3, -0.25) is 0 Å². The van der Waals surface area contributed by atoms with E-state index in [9.17, 15) is 0 Å². The molecule has 1 unspecified atom stereocenters. The van der Waals surface area contributed by atoms with Gasteiger partial charge in [0.1, 0.15) is 0 Å². The zero-order valence-corrected chi connectivity index (χ0v) is 9.48. The first kappa shape index (κ1) is 23.0. The molecule has 0 rings (SSSR count). The molecular weight excluding hydrogens is 278 g/mol. The summed E-state index contributed by atoms with van der Waals surface area (Å²) in [6.45, 7) is 0. The first-order chi connectivity index (χ1) is 4.00. The summed E-state index contributed by atoms with van der Waals surface area (Å²) in [7, 11) is -8.83. The third kappa shape index (κ3) is 2260. The number of nitrogens with two attached hydrogens (primary N) is 2. The Balaban J connectivity index is -0.0000000457. The summed E-state index contributed by atoms with van der Waals surface area (Å²) in [6, 6.07) is 0. The van der Waals surface area contributed by atoms with E-state index in [4.69, 9.17) is 25.9 Å². The van der Waals surface area contributed by atoms with Crippen molar-refractivity contribution in [1.29, 1.82) is 0 Å². The van der Waals surface area contributed by atoms with Gasteiger partial charge in [-0.15, -0.1) is 0 Å². The zero-order chi connectivity index (χ0) is 9.00. The molecule has 0 fully saturated rings. The first-order valence-electron chi connectivity index (χ1n) is 1.47. The average molecular weight is 285 g/mol. The molecule has 0 aliphatic carbocycles. The molecule has 0 aromatic rings. The van der Waals surface area contributed by atoms with Crippen LogP contribution in [0, 0.1) is 0 Å². The molecular formula is H7N2NiO6PS2. The number of hydrogen-bond donors (Lipinski definition) is 2. The molecule has 12 heteroatoms. The molecule has 0 aliphatic rings. The second-order valence-corrected chi connectivity index (χ2v) is 2.96. The van der Waals surface area contributed by atoms with Crippen LogP contribution in [0.5, 0.6) is 0 Å². The zero-order valence-electron chi connectivity index (χ0n) is 5.44. The van der Waals surface area contributed by atoms with Crippen molar-refractivity contribution >= 4 is 30.5 Å². The van der Waals surface area contributed by atoms with Gasteiger partial charge in [-0.1, -0.05) is 0 Å². The molecule has 0 aliphatic heterocycles. The molecule has 0 spiro atoms. The molecule has 0 saturated heterocycles. The smallest absolute Gasteiger partial charge is 0.736 e. The number of rotatable bonds is 0. The van der Waals surface area contributed by atoms with Gasteiger partial charge < -0.3 is 9.11 Å². The molecule has 12 heavy (non-hydrogen) atoms. The van der Waals surface area contributed by atoms with Crippen LogP contribution in [0.3, 0.4) is 0 Å². The van der Waals surface area contributed by atoms with Crippen LogP contribution in [0.1, 0.15) is 0 Å². The predicted octanol–water partition coefficient (Wildman–Crippen LogP) is -3.13. The van der Waals surface area contributed by atoms with Crippen molar-refractivity contribution in [2.24, 2.45) is 10.3 Å². The summed E-state index contributed by atoms with van der Waals surface area (Å²) >= 11 is 0. The van der Waals surface area contributed by atoms with E-state index in [0.717, 1.165) is 0 Å². The summed E-state index contributed by atoms with van der Waals surface area (Å²) < 4.78 is 53.1. The molecule has 0 radical (unpaired) electrons. The van der Waals surface area contributed by atoms with Crippen LogP contribution >= 0.6 is 9.90 Å². The Bertz CT molecular complexity index is 220. The minimum atomic E-state index is -4.42. The predicted molar refractivity (Wildman–Crippen MR) is 38.9 cm³/mol. The fourth-order valence-corrected chi connectivity index (χ4v) is 0. The summed E-state index contributed by atoms with van der Waals surface area (Å²) in [5.74, 6) is 0. The van der Waals surface area contributed by atoms with Crippen LogP contribution in [-0.4, -0.2) is 25.9 Å². The van der Waals surface area contributed by atoms with Crippen molar-refractivity contribution in [3.63, 3.8) is 0 Å². The molecule has 80 valence electrons. The van der Waals surface area contributed by atoms with Crippen LogP contribution in [0.25, 0.3) is 0 Å². The van der Waals surface area contributed by atoms with Gasteiger partial charge in [0.05, 0.1) is 0 Å². The van der Waals surface area contributed by atoms with E-state index < -0.39 is 20.6 Å². The van der Waals surface area contributed by atoms with Crippen LogP contribution in [0.2, 0.25) is 0 Å². The Kier molecular flexibility index (Phi) is 15.8. The summed E-state index contributed by atoms with van der Waals surface area (Å²) in [6.07, 6.45) is 0. The van der Waals surface area contributed by atoms with E-state index in [0.29, 0.717) is 0 Å². The van der Waals surface area contributed by atoms with E-state index >= 15 is 0 Å². The molecule has 0 saturated carbocycles. The van der Waals surface area contributed by atoms with Gasteiger partial charge in [0.15, 0.2) is 20.6 Å². The van der Waals surface area contributed by atoms with Crippen molar-refractivity contribution < 1.29 is 42.4 Å². The largest absolute Gasteiger partial charge is 2.00 e. The SMILES string of the molecule is NS(=O)(=O)[O-].NS(=O)(=O)[O-].P.[Ni+2]. The third-order valence-electron chi connectivity index (χ3n) is 0. The quantitative estimate of drug-likeness (QED) is 0.271. The second kappa shape index (κ2) is 8.27. The second-order valence-electron chi connectivity index (χ2n) is 0.986. The Morgan fingerprint density at radius 1 is 0.833 bits per heavy atom. The fourth-order valence-electron chi connectivity index (χ4n) is 0. The maximum atomic E-state index is 8.85. The molecule has 4 N–H and O–H groups in total. The average Bonchev–Trinajstić information content (AvgIpc) is 1.12. The molecule has 0 aromatic carbocycles. The maximum absolute atomic E-state index is 8.85. The van der Waals surface area contributed by atoms with Gasteiger partial charge in [0, 0.05) is 0 Å². The summed E-state index contributed by atoms with van der Waals surface area (Å²) in [4.78, 5) is 0. The Morgan fingerprint density at radius 3 is 0.833 bits per heavy atom.